The Kier molecular flexibility index (Phi) is 5.35. The van der Waals surface area contributed by atoms with Crippen molar-refractivity contribution in [3.63, 3.8) is 0 Å². The molecule has 1 saturated heterocycles. The number of aromatic nitrogens is 1. The van der Waals surface area contributed by atoms with Gasteiger partial charge in [-0.1, -0.05) is 17.7 Å². The fourth-order valence-corrected chi connectivity index (χ4v) is 6.42. The molecule has 1 fully saturated rings. The van der Waals surface area contributed by atoms with E-state index in [1.165, 1.54) is 29.7 Å². The van der Waals surface area contributed by atoms with Crippen LogP contribution in [0, 0.1) is 6.92 Å². The molecular weight excluding hydrogens is 468 g/mol. The third-order valence-electron chi connectivity index (χ3n) is 5.99. The smallest absolute Gasteiger partial charge is 0.263 e. The van der Waals surface area contributed by atoms with Crippen LogP contribution in [0.4, 0.5) is 16.5 Å². The average Bonchev–Trinajstić information content (AvgIpc) is 3.51. The highest BCUT2D eigenvalue weighted by atomic mass is 35.5. The number of hydrogen-bond donors (Lipinski definition) is 1. The Hall–Kier alpha value is -2.62. The minimum absolute atomic E-state index is 0.0195. The van der Waals surface area contributed by atoms with E-state index in [4.69, 9.17) is 11.6 Å². The van der Waals surface area contributed by atoms with E-state index in [1.54, 1.807) is 22.4 Å². The number of fused-ring (bicyclic) bond motifs is 1. The average molecular weight is 489 g/mol. The molecule has 3 heterocycles. The van der Waals surface area contributed by atoms with Crippen LogP contribution in [0.1, 0.15) is 17.5 Å². The first-order valence-electron chi connectivity index (χ1n) is 10.2. The summed E-state index contributed by atoms with van der Waals surface area (Å²) in [6, 6.07) is 10.2. The Balaban J connectivity index is 1.33. The van der Waals surface area contributed by atoms with Crippen LogP contribution in [0.5, 0.6) is 0 Å². The normalized spacial score (nSPS) is 18.3. The van der Waals surface area contributed by atoms with Gasteiger partial charge in [-0.25, -0.2) is 13.4 Å². The molecule has 0 unspecified atom stereocenters. The van der Waals surface area contributed by atoms with Gasteiger partial charge in [0.05, 0.1) is 4.90 Å². The van der Waals surface area contributed by atoms with E-state index in [-0.39, 0.29) is 16.8 Å². The molecule has 7 nitrogen and oxygen atoms in total. The van der Waals surface area contributed by atoms with E-state index in [1.807, 2.05) is 13.0 Å². The molecule has 2 aromatic carbocycles. The minimum atomic E-state index is -3.73. The van der Waals surface area contributed by atoms with Crippen molar-refractivity contribution in [2.45, 2.75) is 30.7 Å². The van der Waals surface area contributed by atoms with Crippen LogP contribution < -0.4 is 14.5 Å². The second-order valence-corrected chi connectivity index (χ2v) is 10.8. The van der Waals surface area contributed by atoms with Crippen molar-refractivity contribution in [1.82, 2.24) is 4.98 Å². The fraction of sp³-hybridized carbons (Fsp3) is 0.273. The first-order chi connectivity index (χ1) is 15.3. The summed E-state index contributed by atoms with van der Waals surface area (Å²) >= 11 is 7.70. The van der Waals surface area contributed by atoms with Crippen LogP contribution in [0.15, 0.2) is 52.9 Å². The molecule has 3 aromatic rings. The van der Waals surface area contributed by atoms with Gasteiger partial charge in [0.1, 0.15) is 6.04 Å². The maximum absolute atomic E-state index is 13.3. The van der Waals surface area contributed by atoms with Crippen LogP contribution in [0.25, 0.3) is 0 Å². The lowest BCUT2D eigenvalue weighted by Crippen LogP contribution is -2.41. The zero-order chi connectivity index (χ0) is 22.5. The summed E-state index contributed by atoms with van der Waals surface area (Å²) < 4.78 is 27.6. The van der Waals surface area contributed by atoms with E-state index in [0.717, 1.165) is 34.8 Å². The number of thiazole rings is 1. The van der Waals surface area contributed by atoms with Crippen molar-refractivity contribution in [3.8, 4) is 0 Å². The van der Waals surface area contributed by atoms with E-state index in [2.05, 4.69) is 20.7 Å². The minimum Gasteiger partial charge on any atom is -0.359 e. The van der Waals surface area contributed by atoms with Crippen LogP contribution in [-0.4, -0.2) is 38.4 Å². The molecule has 5 rings (SSSR count). The Bertz CT molecular complexity index is 1280. The molecule has 0 spiro atoms. The van der Waals surface area contributed by atoms with Crippen LogP contribution in [-0.2, 0) is 21.2 Å². The Labute approximate surface area is 195 Å². The molecule has 0 radical (unpaired) electrons. The number of carbonyl (C=O) groups excluding carboxylic acids is 1. The quantitative estimate of drug-likeness (QED) is 0.585. The Morgan fingerprint density at radius 3 is 2.66 bits per heavy atom. The zero-order valence-corrected chi connectivity index (χ0v) is 19.7. The van der Waals surface area contributed by atoms with Crippen molar-refractivity contribution in [2.75, 3.05) is 27.6 Å². The maximum atomic E-state index is 13.3. The third kappa shape index (κ3) is 3.64. The van der Waals surface area contributed by atoms with Crippen molar-refractivity contribution < 1.29 is 13.2 Å². The van der Waals surface area contributed by atoms with Crippen molar-refractivity contribution >= 4 is 55.4 Å². The highest BCUT2D eigenvalue weighted by Crippen LogP contribution is 2.39. The highest BCUT2D eigenvalue weighted by Gasteiger charge is 2.39. The molecule has 1 N–H and O–H groups in total. The van der Waals surface area contributed by atoms with Crippen molar-refractivity contribution in [3.05, 3.63) is 64.1 Å². The Morgan fingerprint density at radius 2 is 1.94 bits per heavy atom. The molecule has 1 aromatic heterocycles. The molecule has 0 saturated carbocycles. The lowest BCUT2D eigenvalue weighted by Gasteiger charge is -2.26. The topological polar surface area (TPSA) is 82.6 Å². The third-order valence-corrected chi connectivity index (χ3v) is 8.69. The zero-order valence-electron chi connectivity index (χ0n) is 17.3. The summed E-state index contributed by atoms with van der Waals surface area (Å²) in [4.78, 5) is 21.2. The van der Waals surface area contributed by atoms with Crippen LogP contribution in [0.3, 0.4) is 0 Å². The number of aryl methyl sites for hydroxylation is 1. The Morgan fingerprint density at radius 1 is 1.16 bits per heavy atom. The van der Waals surface area contributed by atoms with E-state index in [9.17, 15) is 13.2 Å². The number of hydrogen-bond acceptors (Lipinski definition) is 6. The number of benzene rings is 2. The van der Waals surface area contributed by atoms with Gasteiger partial charge < -0.3 is 9.80 Å². The van der Waals surface area contributed by atoms with Crippen molar-refractivity contribution in [1.29, 1.82) is 0 Å². The van der Waals surface area contributed by atoms with Gasteiger partial charge in [-0.3, -0.25) is 9.52 Å². The number of anilines is 3. The first-order valence-corrected chi connectivity index (χ1v) is 13.0. The lowest BCUT2D eigenvalue weighted by atomic mass is 10.1. The van der Waals surface area contributed by atoms with Gasteiger partial charge in [0.25, 0.3) is 10.0 Å². The fourth-order valence-electron chi connectivity index (χ4n) is 4.37. The van der Waals surface area contributed by atoms with E-state index in [0.29, 0.717) is 23.8 Å². The summed E-state index contributed by atoms with van der Waals surface area (Å²) in [6.45, 7) is 3.34. The predicted molar refractivity (Wildman–Crippen MR) is 127 cm³/mol. The molecule has 0 bridgehead atoms. The van der Waals surface area contributed by atoms with Crippen LogP contribution in [0.2, 0.25) is 5.02 Å². The van der Waals surface area contributed by atoms with Gasteiger partial charge >= 0.3 is 0 Å². The second-order valence-electron chi connectivity index (χ2n) is 7.87. The molecule has 0 aliphatic carbocycles. The van der Waals surface area contributed by atoms with Gasteiger partial charge in [0, 0.05) is 41.1 Å². The van der Waals surface area contributed by atoms with Crippen molar-refractivity contribution in [2.24, 2.45) is 0 Å². The monoisotopic (exact) mass is 488 g/mol. The molecular formula is C22H21ClN4O3S2. The molecule has 1 atom stereocenters. The second kappa shape index (κ2) is 8.06. The summed E-state index contributed by atoms with van der Waals surface area (Å²) in [6.07, 6.45) is 3.07. The van der Waals surface area contributed by atoms with Gasteiger partial charge in [-0.2, -0.15) is 0 Å². The molecule has 10 heteroatoms. The van der Waals surface area contributed by atoms with E-state index >= 15 is 0 Å². The lowest BCUT2D eigenvalue weighted by molar-refractivity contribution is -0.118. The van der Waals surface area contributed by atoms with Gasteiger partial charge in [-0.15, -0.1) is 11.3 Å². The van der Waals surface area contributed by atoms with E-state index < -0.39 is 10.0 Å². The number of nitrogens with zero attached hydrogens (tertiary/aromatic N) is 3. The molecule has 2 aliphatic heterocycles. The number of halogens is 1. The first kappa shape index (κ1) is 21.2. The summed E-state index contributed by atoms with van der Waals surface area (Å²) in [5, 5.41) is 2.80. The summed E-state index contributed by atoms with van der Waals surface area (Å²) in [5.74, 6) is 0.0195. The van der Waals surface area contributed by atoms with Gasteiger partial charge in [0.15, 0.2) is 5.13 Å². The summed E-state index contributed by atoms with van der Waals surface area (Å²) in [5.41, 5.74) is 3.88. The number of nitrogens with one attached hydrogen (secondary N) is 1. The largest absolute Gasteiger partial charge is 0.359 e. The number of sulfonamides is 1. The molecule has 166 valence electrons. The van der Waals surface area contributed by atoms with Gasteiger partial charge in [-0.05, 0) is 61.2 Å². The van der Waals surface area contributed by atoms with Gasteiger partial charge in [0.2, 0.25) is 5.91 Å². The molecule has 2 aliphatic rings. The van der Waals surface area contributed by atoms with Crippen LogP contribution >= 0.6 is 22.9 Å². The highest BCUT2D eigenvalue weighted by molar-refractivity contribution is 7.93. The number of amides is 1. The standard InChI is InChI=1S/C22H21ClN4O3S2/c1-14-2-7-18-17(20(14)23)8-11-27(18)19-9-12-26(21(19)28)15-3-5-16(6-4-15)32(29,30)25-22-24-10-13-31-22/h2-7,10,13,19H,8-9,11-12H2,1H3,(H,24,25)/t19-/m0/s1. The number of carbonyl (C=O) groups is 1. The molecule has 32 heavy (non-hydrogen) atoms. The SMILES string of the molecule is Cc1ccc2c(c1Cl)CCN2[C@H]1CCN(c2ccc(S(=O)(=O)Nc3nccs3)cc2)C1=O. The number of rotatable bonds is 5. The molecule has 1 amide bonds. The predicted octanol–water partition coefficient (Wildman–Crippen LogP) is 4.07. The summed E-state index contributed by atoms with van der Waals surface area (Å²) in [7, 11) is -3.73. The maximum Gasteiger partial charge on any atom is 0.263 e.